The van der Waals surface area contributed by atoms with Crippen molar-refractivity contribution in [2.45, 2.75) is 122 Å². The zero-order valence-electron chi connectivity index (χ0n) is 17.4. The molecule has 0 aromatic carbocycles. The first kappa shape index (κ1) is 25.4. The Kier molecular flexibility index (Phi) is 20.2. The lowest BCUT2D eigenvalue weighted by molar-refractivity contribution is -0.148. The van der Waals surface area contributed by atoms with E-state index < -0.39 is 0 Å². The molecular weight excluding hydrogens is 326 g/mol. The SMILES string of the molecule is CCCCCCCCCCCCCCCCCC(CCO)OC(=O)CN. The molecule has 3 N–H and O–H groups in total. The number of unbranched alkanes of at least 4 members (excludes halogenated alkanes) is 14. The first-order chi connectivity index (χ1) is 12.7. The van der Waals surface area contributed by atoms with Crippen LogP contribution in [0.3, 0.4) is 0 Å². The van der Waals surface area contributed by atoms with Gasteiger partial charge in [-0.2, -0.15) is 0 Å². The van der Waals surface area contributed by atoms with Crippen LogP contribution >= 0.6 is 0 Å². The largest absolute Gasteiger partial charge is 0.461 e. The Morgan fingerprint density at radius 1 is 0.769 bits per heavy atom. The molecule has 0 aromatic rings. The van der Waals surface area contributed by atoms with Crippen molar-refractivity contribution in [1.29, 1.82) is 0 Å². The van der Waals surface area contributed by atoms with Crippen LogP contribution < -0.4 is 5.73 Å². The molecule has 0 bridgehead atoms. The molecule has 0 rings (SSSR count). The van der Waals surface area contributed by atoms with Crippen molar-refractivity contribution in [1.82, 2.24) is 0 Å². The van der Waals surface area contributed by atoms with Crippen LogP contribution in [0.1, 0.15) is 116 Å². The van der Waals surface area contributed by atoms with Crippen LogP contribution in [0.5, 0.6) is 0 Å². The summed E-state index contributed by atoms with van der Waals surface area (Å²) >= 11 is 0. The van der Waals surface area contributed by atoms with Crippen LogP contribution in [0, 0.1) is 0 Å². The van der Waals surface area contributed by atoms with Gasteiger partial charge in [0.2, 0.25) is 0 Å². The van der Waals surface area contributed by atoms with E-state index in [1.807, 2.05) is 0 Å². The number of hydrogen-bond donors (Lipinski definition) is 2. The molecule has 0 amide bonds. The van der Waals surface area contributed by atoms with Gasteiger partial charge < -0.3 is 15.6 Å². The third kappa shape index (κ3) is 18.2. The highest BCUT2D eigenvalue weighted by Crippen LogP contribution is 2.15. The van der Waals surface area contributed by atoms with Gasteiger partial charge in [0, 0.05) is 13.0 Å². The lowest BCUT2D eigenvalue weighted by Crippen LogP contribution is -2.24. The molecule has 4 nitrogen and oxygen atoms in total. The number of esters is 1. The van der Waals surface area contributed by atoms with Gasteiger partial charge in [-0.15, -0.1) is 0 Å². The number of hydrogen-bond acceptors (Lipinski definition) is 4. The molecule has 0 aromatic heterocycles. The molecule has 1 atom stereocenters. The molecule has 0 radical (unpaired) electrons. The molecule has 0 saturated carbocycles. The quantitative estimate of drug-likeness (QED) is 0.219. The fourth-order valence-corrected chi connectivity index (χ4v) is 3.38. The highest BCUT2D eigenvalue weighted by Gasteiger charge is 2.12. The number of aliphatic hydroxyl groups is 1. The van der Waals surface area contributed by atoms with E-state index in [0.29, 0.717) is 6.42 Å². The van der Waals surface area contributed by atoms with Gasteiger partial charge in [0.1, 0.15) is 6.10 Å². The van der Waals surface area contributed by atoms with Crippen molar-refractivity contribution in [2.75, 3.05) is 13.2 Å². The van der Waals surface area contributed by atoms with Crippen LogP contribution in [0.4, 0.5) is 0 Å². The minimum Gasteiger partial charge on any atom is -0.461 e. The summed E-state index contributed by atoms with van der Waals surface area (Å²) in [6.07, 6.45) is 21.4. The van der Waals surface area contributed by atoms with Gasteiger partial charge in [-0.3, -0.25) is 4.79 Å². The van der Waals surface area contributed by atoms with E-state index in [1.165, 1.54) is 89.9 Å². The van der Waals surface area contributed by atoms with Crippen LogP contribution in [-0.2, 0) is 9.53 Å². The molecule has 0 saturated heterocycles. The van der Waals surface area contributed by atoms with E-state index >= 15 is 0 Å². The van der Waals surface area contributed by atoms with Crippen molar-refractivity contribution < 1.29 is 14.6 Å². The molecule has 4 heteroatoms. The molecule has 26 heavy (non-hydrogen) atoms. The van der Waals surface area contributed by atoms with E-state index in [9.17, 15) is 4.79 Å². The molecule has 0 aliphatic rings. The van der Waals surface area contributed by atoms with Gasteiger partial charge in [-0.1, -0.05) is 96.8 Å². The summed E-state index contributed by atoms with van der Waals surface area (Å²) in [4.78, 5) is 11.2. The topological polar surface area (TPSA) is 72.5 Å². The minimum atomic E-state index is -0.371. The summed E-state index contributed by atoms with van der Waals surface area (Å²) < 4.78 is 5.24. The zero-order valence-corrected chi connectivity index (χ0v) is 17.4. The molecule has 0 spiro atoms. The smallest absolute Gasteiger partial charge is 0.319 e. The normalized spacial score (nSPS) is 12.3. The van der Waals surface area contributed by atoms with Gasteiger partial charge in [0.15, 0.2) is 0 Å². The first-order valence-corrected chi connectivity index (χ1v) is 11.2. The summed E-state index contributed by atoms with van der Waals surface area (Å²) in [6, 6.07) is 0. The Bertz CT molecular complexity index is 297. The molecule has 156 valence electrons. The number of carbonyl (C=O) groups excluding carboxylic acids is 1. The molecule has 0 aliphatic heterocycles. The first-order valence-electron chi connectivity index (χ1n) is 11.2. The van der Waals surface area contributed by atoms with Crippen molar-refractivity contribution in [3.63, 3.8) is 0 Å². The standard InChI is InChI=1S/C22H45NO3/c1-2-3-4-5-6-7-8-9-10-11-12-13-14-15-16-17-21(18-19-24)26-22(25)20-23/h21,24H,2-20,23H2,1H3. The molecule has 1 unspecified atom stereocenters. The van der Waals surface area contributed by atoms with Crippen molar-refractivity contribution in [3.8, 4) is 0 Å². The number of carbonyl (C=O) groups is 1. The Morgan fingerprint density at radius 3 is 1.58 bits per heavy atom. The van der Waals surface area contributed by atoms with Gasteiger partial charge >= 0.3 is 5.97 Å². The van der Waals surface area contributed by atoms with E-state index in [2.05, 4.69) is 6.92 Å². The number of ether oxygens (including phenoxy) is 1. The van der Waals surface area contributed by atoms with Gasteiger partial charge in [-0.25, -0.2) is 0 Å². The zero-order chi connectivity index (χ0) is 19.3. The van der Waals surface area contributed by atoms with E-state index in [1.54, 1.807) is 0 Å². The van der Waals surface area contributed by atoms with E-state index in [-0.39, 0.29) is 25.2 Å². The number of aliphatic hydroxyl groups excluding tert-OH is 1. The summed E-state index contributed by atoms with van der Waals surface area (Å²) in [7, 11) is 0. The predicted molar refractivity (Wildman–Crippen MR) is 110 cm³/mol. The summed E-state index contributed by atoms with van der Waals surface area (Å²) in [5.41, 5.74) is 5.27. The highest BCUT2D eigenvalue weighted by atomic mass is 16.5. The lowest BCUT2D eigenvalue weighted by atomic mass is 10.0. The van der Waals surface area contributed by atoms with Crippen LogP contribution in [0.2, 0.25) is 0 Å². The number of rotatable bonds is 20. The Balaban J connectivity index is 3.30. The highest BCUT2D eigenvalue weighted by molar-refractivity contribution is 5.71. The van der Waals surface area contributed by atoms with Crippen molar-refractivity contribution in [3.05, 3.63) is 0 Å². The molecule has 0 aliphatic carbocycles. The predicted octanol–water partition coefficient (Wildman–Crippen LogP) is 5.50. The molecule has 0 heterocycles. The van der Waals surface area contributed by atoms with Crippen molar-refractivity contribution in [2.24, 2.45) is 5.73 Å². The summed E-state index contributed by atoms with van der Waals surface area (Å²) in [5.74, 6) is -0.371. The Hall–Kier alpha value is -0.610. The average Bonchev–Trinajstić information content (AvgIpc) is 2.64. The molecular formula is C22H45NO3. The molecule has 0 fully saturated rings. The second-order valence-corrected chi connectivity index (χ2v) is 7.57. The fourth-order valence-electron chi connectivity index (χ4n) is 3.38. The fraction of sp³-hybridized carbons (Fsp3) is 0.955. The Labute approximate surface area is 162 Å². The summed E-state index contributed by atoms with van der Waals surface area (Å²) in [5, 5.41) is 9.03. The second-order valence-electron chi connectivity index (χ2n) is 7.57. The van der Waals surface area contributed by atoms with Gasteiger partial charge in [0.25, 0.3) is 0 Å². The third-order valence-electron chi connectivity index (χ3n) is 5.05. The monoisotopic (exact) mass is 371 g/mol. The summed E-state index contributed by atoms with van der Waals surface area (Å²) in [6.45, 7) is 2.25. The van der Waals surface area contributed by atoms with Crippen LogP contribution in [-0.4, -0.2) is 30.3 Å². The maximum atomic E-state index is 11.2. The van der Waals surface area contributed by atoms with Crippen LogP contribution in [0.25, 0.3) is 0 Å². The van der Waals surface area contributed by atoms with E-state index in [4.69, 9.17) is 15.6 Å². The van der Waals surface area contributed by atoms with Crippen LogP contribution in [0.15, 0.2) is 0 Å². The maximum absolute atomic E-state index is 11.2. The van der Waals surface area contributed by atoms with Crippen molar-refractivity contribution >= 4 is 5.97 Å². The Morgan fingerprint density at radius 2 is 1.19 bits per heavy atom. The minimum absolute atomic E-state index is 0.0568. The maximum Gasteiger partial charge on any atom is 0.319 e. The third-order valence-corrected chi connectivity index (χ3v) is 5.05. The average molecular weight is 372 g/mol. The lowest BCUT2D eigenvalue weighted by Gasteiger charge is -2.16. The van der Waals surface area contributed by atoms with Gasteiger partial charge in [0.05, 0.1) is 6.54 Å². The second kappa shape index (κ2) is 20.7. The van der Waals surface area contributed by atoms with E-state index in [0.717, 1.165) is 12.8 Å². The number of nitrogens with two attached hydrogens (primary N) is 1. The van der Waals surface area contributed by atoms with Gasteiger partial charge in [-0.05, 0) is 12.8 Å².